The van der Waals surface area contributed by atoms with Crippen molar-refractivity contribution in [1.82, 2.24) is 29.6 Å². The molecule has 1 saturated heterocycles. The molecule has 1 fully saturated rings. The molecular weight excluding hydrogens is 346 g/mol. The van der Waals surface area contributed by atoms with Crippen molar-refractivity contribution in [2.24, 2.45) is 0 Å². The van der Waals surface area contributed by atoms with Gasteiger partial charge in [0.15, 0.2) is 5.69 Å². The zero-order valence-electron chi connectivity index (χ0n) is 15.6. The summed E-state index contributed by atoms with van der Waals surface area (Å²) in [6.45, 7) is 8.36. The standard InChI is InChI=1S/C18H21N7O2/c1-12-8-15(22-27-12)18(26)24-6-4-23(5-7-24)16-9-17(20-10-19-16)25-11-21-13(2)14(25)3/h8-11H,4-7H2,1-3H3. The zero-order chi connectivity index (χ0) is 19.0. The van der Waals surface area contributed by atoms with Crippen LogP contribution in [0, 0.1) is 20.8 Å². The number of piperazine rings is 1. The van der Waals surface area contributed by atoms with E-state index in [9.17, 15) is 4.79 Å². The molecule has 0 aliphatic carbocycles. The van der Waals surface area contributed by atoms with Crippen LogP contribution in [0.25, 0.3) is 5.82 Å². The first-order valence-electron chi connectivity index (χ1n) is 8.83. The largest absolute Gasteiger partial charge is 0.361 e. The first kappa shape index (κ1) is 17.2. The van der Waals surface area contributed by atoms with Crippen molar-refractivity contribution in [1.29, 1.82) is 0 Å². The molecule has 140 valence electrons. The van der Waals surface area contributed by atoms with Crippen molar-refractivity contribution < 1.29 is 9.32 Å². The lowest BCUT2D eigenvalue weighted by Gasteiger charge is -2.35. The molecule has 0 radical (unpaired) electrons. The minimum Gasteiger partial charge on any atom is -0.361 e. The first-order chi connectivity index (χ1) is 13.0. The van der Waals surface area contributed by atoms with Gasteiger partial charge in [-0.1, -0.05) is 5.16 Å². The third-order valence-corrected chi connectivity index (χ3v) is 4.87. The van der Waals surface area contributed by atoms with Crippen molar-refractivity contribution in [3.8, 4) is 5.82 Å². The summed E-state index contributed by atoms with van der Waals surface area (Å²) in [6, 6.07) is 3.62. The van der Waals surface area contributed by atoms with Crippen LogP contribution in [0.4, 0.5) is 5.82 Å². The second kappa shape index (κ2) is 6.82. The number of carbonyl (C=O) groups is 1. The van der Waals surface area contributed by atoms with Crippen LogP contribution in [0.2, 0.25) is 0 Å². The summed E-state index contributed by atoms with van der Waals surface area (Å²) in [7, 11) is 0. The van der Waals surface area contributed by atoms with Gasteiger partial charge >= 0.3 is 0 Å². The van der Waals surface area contributed by atoms with E-state index in [1.807, 2.05) is 24.5 Å². The number of imidazole rings is 1. The molecule has 3 aromatic heterocycles. The summed E-state index contributed by atoms with van der Waals surface area (Å²) in [4.78, 5) is 29.5. The Hall–Kier alpha value is -3.23. The van der Waals surface area contributed by atoms with Gasteiger partial charge in [-0.2, -0.15) is 0 Å². The molecule has 1 amide bonds. The minimum absolute atomic E-state index is 0.0978. The summed E-state index contributed by atoms with van der Waals surface area (Å²) >= 11 is 0. The number of nitrogens with zero attached hydrogens (tertiary/aromatic N) is 7. The molecule has 3 aromatic rings. The topological polar surface area (TPSA) is 93.2 Å². The minimum atomic E-state index is -0.0978. The molecule has 9 nitrogen and oxygen atoms in total. The Kier molecular flexibility index (Phi) is 4.35. The van der Waals surface area contributed by atoms with E-state index in [0.29, 0.717) is 37.6 Å². The van der Waals surface area contributed by atoms with E-state index in [4.69, 9.17) is 4.52 Å². The highest BCUT2D eigenvalue weighted by atomic mass is 16.5. The van der Waals surface area contributed by atoms with Gasteiger partial charge in [-0.15, -0.1) is 0 Å². The highest BCUT2D eigenvalue weighted by molar-refractivity contribution is 5.92. The van der Waals surface area contributed by atoms with E-state index in [2.05, 4.69) is 25.0 Å². The molecule has 27 heavy (non-hydrogen) atoms. The predicted molar refractivity (Wildman–Crippen MR) is 98.0 cm³/mol. The van der Waals surface area contributed by atoms with Gasteiger partial charge in [0.05, 0.1) is 5.69 Å². The van der Waals surface area contributed by atoms with E-state index in [0.717, 1.165) is 23.0 Å². The second-order valence-corrected chi connectivity index (χ2v) is 6.62. The van der Waals surface area contributed by atoms with Crippen LogP contribution < -0.4 is 4.90 Å². The van der Waals surface area contributed by atoms with Crippen LogP contribution in [0.3, 0.4) is 0 Å². The van der Waals surface area contributed by atoms with Crippen LogP contribution in [0.1, 0.15) is 27.6 Å². The van der Waals surface area contributed by atoms with Gasteiger partial charge in [-0.3, -0.25) is 9.36 Å². The summed E-state index contributed by atoms with van der Waals surface area (Å²) in [5, 5.41) is 3.81. The summed E-state index contributed by atoms with van der Waals surface area (Å²) in [6.07, 6.45) is 3.34. The highest BCUT2D eigenvalue weighted by Crippen LogP contribution is 2.19. The first-order valence-corrected chi connectivity index (χ1v) is 8.83. The molecule has 1 aliphatic heterocycles. The number of rotatable bonds is 3. The van der Waals surface area contributed by atoms with Crippen LogP contribution >= 0.6 is 0 Å². The highest BCUT2D eigenvalue weighted by Gasteiger charge is 2.25. The lowest BCUT2D eigenvalue weighted by Crippen LogP contribution is -2.49. The van der Waals surface area contributed by atoms with E-state index < -0.39 is 0 Å². The third-order valence-electron chi connectivity index (χ3n) is 4.87. The molecule has 0 N–H and O–H groups in total. The number of carbonyl (C=O) groups excluding carboxylic acids is 1. The summed E-state index contributed by atoms with van der Waals surface area (Å²) in [5.74, 6) is 2.17. The molecule has 0 aromatic carbocycles. The molecule has 0 unspecified atom stereocenters. The van der Waals surface area contributed by atoms with Gasteiger partial charge in [-0.25, -0.2) is 15.0 Å². The lowest BCUT2D eigenvalue weighted by molar-refractivity contribution is 0.0736. The fraction of sp³-hybridized carbons (Fsp3) is 0.389. The van der Waals surface area contributed by atoms with E-state index >= 15 is 0 Å². The number of aryl methyl sites for hydroxylation is 2. The Morgan fingerprint density at radius 1 is 1.00 bits per heavy atom. The number of hydrogen-bond donors (Lipinski definition) is 0. The molecule has 0 atom stereocenters. The maximum Gasteiger partial charge on any atom is 0.276 e. The van der Waals surface area contributed by atoms with Gasteiger partial charge in [0.2, 0.25) is 0 Å². The lowest BCUT2D eigenvalue weighted by atomic mass is 10.2. The number of anilines is 1. The van der Waals surface area contributed by atoms with Gasteiger partial charge in [0, 0.05) is 44.0 Å². The van der Waals surface area contributed by atoms with Gasteiger partial charge in [0.1, 0.15) is 30.1 Å². The molecule has 9 heteroatoms. The molecular formula is C18H21N7O2. The Balaban J connectivity index is 1.46. The Bertz CT molecular complexity index is 970. The van der Waals surface area contributed by atoms with Crippen molar-refractivity contribution in [2.45, 2.75) is 20.8 Å². The molecule has 4 rings (SSSR count). The molecule has 1 aliphatic rings. The third kappa shape index (κ3) is 3.27. The van der Waals surface area contributed by atoms with E-state index in [-0.39, 0.29) is 5.91 Å². The second-order valence-electron chi connectivity index (χ2n) is 6.62. The van der Waals surface area contributed by atoms with Crippen molar-refractivity contribution >= 4 is 11.7 Å². The summed E-state index contributed by atoms with van der Waals surface area (Å²) < 4.78 is 6.95. The smallest absolute Gasteiger partial charge is 0.276 e. The number of aromatic nitrogens is 5. The van der Waals surface area contributed by atoms with Crippen molar-refractivity contribution in [3.05, 3.63) is 47.6 Å². The van der Waals surface area contributed by atoms with Crippen LogP contribution in [0.5, 0.6) is 0 Å². The Labute approximate surface area is 156 Å². The quantitative estimate of drug-likeness (QED) is 0.693. The normalized spacial score (nSPS) is 14.6. The number of amides is 1. The van der Waals surface area contributed by atoms with Gasteiger partial charge < -0.3 is 14.3 Å². The van der Waals surface area contributed by atoms with Gasteiger partial charge in [-0.05, 0) is 20.8 Å². The van der Waals surface area contributed by atoms with E-state index in [1.54, 1.807) is 30.5 Å². The SMILES string of the molecule is Cc1cc(C(=O)N2CCN(c3cc(-n4cnc(C)c4C)ncn3)CC2)no1. The summed E-state index contributed by atoms with van der Waals surface area (Å²) in [5.41, 5.74) is 2.39. The molecule has 4 heterocycles. The van der Waals surface area contributed by atoms with Crippen LogP contribution in [0.15, 0.2) is 29.3 Å². The monoisotopic (exact) mass is 367 g/mol. The zero-order valence-corrected chi connectivity index (χ0v) is 15.6. The average molecular weight is 367 g/mol. The fourth-order valence-corrected chi connectivity index (χ4v) is 3.14. The van der Waals surface area contributed by atoms with Crippen molar-refractivity contribution in [2.75, 3.05) is 31.1 Å². The average Bonchev–Trinajstić information content (AvgIpc) is 3.27. The molecule has 0 spiro atoms. The Morgan fingerprint density at radius 3 is 2.37 bits per heavy atom. The fourth-order valence-electron chi connectivity index (χ4n) is 3.14. The molecule has 0 bridgehead atoms. The predicted octanol–water partition coefficient (Wildman–Crippen LogP) is 1.54. The van der Waals surface area contributed by atoms with Gasteiger partial charge in [0.25, 0.3) is 5.91 Å². The molecule has 0 saturated carbocycles. The number of hydrogen-bond acceptors (Lipinski definition) is 7. The Morgan fingerprint density at radius 2 is 1.74 bits per heavy atom. The van der Waals surface area contributed by atoms with Crippen molar-refractivity contribution in [3.63, 3.8) is 0 Å². The van der Waals surface area contributed by atoms with E-state index in [1.165, 1.54) is 0 Å². The maximum atomic E-state index is 12.5. The van der Waals surface area contributed by atoms with Crippen LogP contribution in [-0.2, 0) is 0 Å². The maximum absolute atomic E-state index is 12.5. The van der Waals surface area contributed by atoms with Crippen LogP contribution in [-0.4, -0.2) is 61.7 Å².